The molecule has 5 nitrogen and oxygen atoms in total. The van der Waals surface area contributed by atoms with Gasteiger partial charge in [-0.2, -0.15) is 11.8 Å². The number of nitrogens with zero attached hydrogens (tertiary/aromatic N) is 1. The number of amides is 1. The van der Waals surface area contributed by atoms with Crippen LogP contribution in [-0.4, -0.2) is 33.2 Å². The number of carbonyl (C=O) groups is 1. The van der Waals surface area contributed by atoms with E-state index in [1.54, 1.807) is 54.2 Å². The van der Waals surface area contributed by atoms with Gasteiger partial charge in [0.15, 0.2) is 0 Å². The van der Waals surface area contributed by atoms with E-state index in [-0.39, 0.29) is 17.3 Å². The first-order valence-corrected chi connectivity index (χ1v) is 13.2. The molecule has 168 valence electrons. The molecule has 0 bridgehead atoms. The molecule has 0 fully saturated rings. The zero-order valence-electron chi connectivity index (χ0n) is 17.5. The van der Waals surface area contributed by atoms with E-state index in [1.165, 1.54) is 17.7 Å². The molecular weight excluding hydrogens is 464 g/mol. The summed E-state index contributed by atoms with van der Waals surface area (Å²) in [7, 11) is -3.91. The number of hydrogen-bond acceptors (Lipinski definition) is 4. The van der Waals surface area contributed by atoms with Crippen LogP contribution in [0.4, 0.5) is 5.69 Å². The summed E-state index contributed by atoms with van der Waals surface area (Å²) >= 11 is 7.75. The summed E-state index contributed by atoms with van der Waals surface area (Å²) in [6.45, 7) is 0.177. The molecule has 0 radical (unpaired) electrons. The molecule has 0 heterocycles. The Balaban J connectivity index is 1.57. The molecule has 3 aromatic carbocycles. The van der Waals surface area contributed by atoms with Crippen LogP contribution in [0.3, 0.4) is 0 Å². The molecular formula is C24H25ClN2O3S2. The Morgan fingerprint density at radius 3 is 2.19 bits per heavy atom. The quantitative estimate of drug-likeness (QED) is 0.387. The smallest absolute Gasteiger partial charge is 0.264 e. The lowest BCUT2D eigenvalue weighted by Crippen LogP contribution is -2.41. The van der Waals surface area contributed by atoms with Crippen LogP contribution in [0.1, 0.15) is 12.0 Å². The highest BCUT2D eigenvalue weighted by atomic mass is 35.5. The van der Waals surface area contributed by atoms with E-state index in [0.29, 0.717) is 17.3 Å². The van der Waals surface area contributed by atoms with E-state index in [1.807, 2.05) is 18.2 Å². The summed E-state index contributed by atoms with van der Waals surface area (Å²) in [5, 5.41) is 3.32. The van der Waals surface area contributed by atoms with Gasteiger partial charge in [-0.15, -0.1) is 0 Å². The second kappa shape index (κ2) is 11.9. The summed E-state index contributed by atoms with van der Waals surface area (Å²) < 4.78 is 27.5. The van der Waals surface area contributed by atoms with Crippen molar-refractivity contribution in [2.45, 2.75) is 17.1 Å². The van der Waals surface area contributed by atoms with Crippen molar-refractivity contribution in [3.8, 4) is 0 Å². The van der Waals surface area contributed by atoms with Crippen molar-refractivity contribution in [1.82, 2.24) is 5.32 Å². The van der Waals surface area contributed by atoms with E-state index < -0.39 is 10.0 Å². The van der Waals surface area contributed by atoms with Gasteiger partial charge < -0.3 is 5.32 Å². The summed E-state index contributed by atoms with van der Waals surface area (Å²) in [5.74, 6) is 1.47. The number of nitrogens with one attached hydrogen (secondary N) is 1. The maximum atomic E-state index is 13.2. The van der Waals surface area contributed by atoms with Gasteiger partial charge in [-0.05, 0) is 54.1 Å². The lowest BCUT2D eigenvalue weighted by Gasteiger charge is -2.24. The van der Waals surface area contributed by atoms with Crippen molar-refractivity contribution >= 4 is 45.0 Å². The fourth-order valence-electron chi connectivity index (χ4n) is 2.99. The van der Waals surface area contributed by atoms with Gasteiger partial charge in [0, 0.05) is 17.3 Å². The third-order valence-electron chi connectivity index (χ3n) is 4.63. The molecule has 3 aromatic rings. The molecule has 1 amide bonds. The van der Waals surface area contributed by atoms with E-state index in [4.69, 9.17) is 11.6 Å². The Morgan fingerprint density at radius 1 is 0.906 bits per heavy atom. The van der Waals surface area contributed by atoms with E-state index in [2.05, 4.69) is 17.4 Å². The molecule has 0 saturated heterocycles. The number of thioether (sulfide) groups is 1. The Morgan fingerprint density at radius 2 is 1.53 bits per heavy atom. The minimum atomic E-state index is -3.91. The highest BCUT2D eigenvalue weighted by molar-refractivity contribution is 7.98. The van der Waals surface area contributed by atoms with Crippen molar-refractivity contribution in [2.75, 3.05) is 23.1 Å². The average molecular weight is 489 g/mol. The third kappa shape index (κ3) is 7.02. The first kappa shape index (κ1) is 24.2. The lowest BCUT2D eigenvalue weighted by molar-refractivity contribution is -0.119. The lowest BCUT2D eigenvalue weighted by atomic mass is 10.2. The first-order chi connectivity index (χ1) is 15.5. The van der Waals surface area contributed by atoms with Crippen molar-refractivity contribution in [3.05, 3.63) is 95.5 Å². The molecule has 0 spiro atoms. The number of rotatable bonds is 11. The Bertz CT molecular complexity index is 1090. The molecule has 1 N–H and O–H groups in total. The van der Waals surface area contributed by atoms with Gasteiger partial charge >= 0.3 is 0 Å². The minimum absolute atomic E-state index is 0.125. The number of carbonyl (C=O) groups excluding carboxylic acids is 1. The van der Waals surface area contributed by atoms with Crippen LogP contribution >= 0.6 is 23.4 Å². The molecule has 0 aliphatic rings. The van der Waals surface area contributed by atoms with Crippen LogP contribution in [0.2, 0.25) is 5.02 Å². The monoisotopic (exact) mass is 488 g/mol. The second-order valence-corrected chi connectivity index (χ2v) is 10.4. The molecule has 8 heteroatoms. The average Bonchev–Trinajstić information content (AvgIpc) is 2.81. The van der Waals surface area contributed by atoms with Crippen LogP contribution in [0.25, 0.3) is 0 Å². The maximum Gasteiger partial charge on any atom is 0.264 e. The van der Waals surface area contributed by atoms with Gasteiger partial charge in [-0.1, -0.05) is 60.1 Å². The number of sulfonamides is 1. The van der Waals surface area contributed by atoms with Gasteiger partial charge in [-0.3, -0.25) is 9.10 Å². The van der Waals surface area contributed by atoms with Crippen molar-refractivity contribution in [3.63, 3.8) is 0 Å². The predicted molar refractivity (Wildman–Crippen MR) is 133 cm³/mol. The van der Waals surface area contributed by atoms with Crippen molar-refractivity contribution in [1.29, 1.82) is 0 Å². The van der Waals surface area contributed by atoms with Gasteiger partial charge in [0.05, 0.1) is 10.6 Å². The fraction of sp³-hybridized carbons (Fsp3) is 0.208. The number of benzene rings is 3. The molecule has 0 unspecified atom stereocenters. The van der Waals surface area contributed by atoms with Gasteiger partial charge in [-0.25, -0.2) is 8.42 Å². The maximum absolute atomic E-state index is 13.2. The fourth-order valence-corrected chi connectivity index (χ4v) is 5.48. The van der Waals surface area contributed by atoms with E-state index in [0.717, 1.165) is 22.2 Å². The molecule has 0 aliphatic carbocycles. The summed E-state index contributed by atoms with van der Waals surface area (Å²) in [4.78, 5) is 12.7. The van der Waals surface area contributed by atoms with E-state index in [9.17, 15) is 13.2 Å². The Hall–Kier alpha value is -2.48. The first-order valence-electron chi connectivity index (χ1n) is 10.2. The summed E-state index contributed by atoms with van der Waals surface area (Å²) in [6, 6.07) is 24.7. The largest absolute Gasteiger partial charge is 0.354 e. The van der Waals surface area contributed by atoms with Crippen molar-refractivity contribution < 1.29 is 13.2 Å². The third-order valence-corrected chi connectivity index (χ3v) is 7.79. The SMILES string of the molecule is O=C(CN(c1ccc(Cl)cc1)S(=O)(=O)c1ccccc1)NCCCSCc1ccccc1. The van der Waals surface area contributed by atoms with Gasteiger partial charge in [0.25, 0.3) is 10.0 Å². The summed E-state index contributed by atoms with van der Waals surface area (Å²) in [6.07, 6.45) is 0.801. The van der Waals surface area contributed by atoms with Crippen molar-refractivity contribution in [2.24, 2.45) is 0 Å². The molecule has 0 aromatic heterocycles. The number of halogens is 1. The molecule has 0 atom stereocenters. The van der Waals surface area contributed by atoms with Crippen LogP contribution in [0.5, 0.6) is 0 Å². The van der Waals surface area contributed by atoms with E-state index >= 15 is 0 Å². The van der Waals surface area contributed by atoms with Crippen LogP contribution < -0.4 is 9.62 Å². The molecule has 0 saturated carbocycles. The summed E-state index contributed by atoms with van der Waals surface area (Å²) in [5.41, 5.74) is 1.65. The normalized spacial score (nSPS) is 11.2. The highest BCUT2D eigenvalue weighted by Crippen LogP contribution is 2.25. The van der Waals surface area contributed by atoms with Crippen LogP contribution in [0, 0.1) is 0 Å². The zero-order valence-corrected chi connectivity index (χ0v) is 19.9. The Labute approximate surface area is 198 Å². The molecule has 32 heavy (non-hydrogen) atoms. The number of hydrogen-bond donors (Lipinski definition) is 1. The predicted octanol–water partition coefficient (Wildman–Crippen LogP) is 4.98. The number of anilines is 1. The Kier molecular flexibility index (Phi) is 9.02. The highest BCUT2D eigenvalue weighted by Gasteiger charge is 2.26. The minimum Gasteiger partial charge on any atom is -0.354 e. The van der Waals surface area contributed by atoms with Gasteiger partial charge in [0.1, 0.15) is 6.54 Å². The second-order valence-electron chi connectivity index (χ2n) is 7.04. The van der Waals surface area contributed by atoms with Crippen LogP contribution in [0.15, 0.2) is 89.8 Å². The zero-order chi connectivity index (χ0) is 22.8. The molecule has 0 aliphatic heterocycles. The molecule has 3 rings (SSSR count). The van der Waals surface area contributed by atoms with Crippen LogP contribution in [-0.2, 0) is 20.6 Å². The topological polar surface area (TPSA) is 66.5 Å². The van der Waals surface area contributed by atoms with Gasteiger partial charge in [0.2, 0.25) is 5.91 Å². The standard InChI is InChI=1S/C24H25ClN2O3S2/c25-21-12-14-22(15-13-21)27(32(29,30)23-10-5-2-6-11-23)18-24(28)26-16-7-17-31-19-20-8-3-1-4-9-20/h1-6,8-15H,7,16-19H2,(H,26,28).